The number of carbonyl (C=O) groups excluding carboxylic acids is 1. The van der Waals surface area contributed by atoms with Gasteiger partial charge in [-0.2, -0.15) is 0 Å². The van der Waals surface area contributed by atoms with Gasteiger partial charge in [-0.1, -0.05) is 0 Å². The number of hydrogen-bond donors (Lipinski definition) is 1. The van der Waals surface area contributed by atoms with E-state index in [9.17, 15) is 13.2 Å². The average Bonchev–Trinajstić information content (AvgIpc) is 2.56. The second-order valence-corrected chi connectivity index (χ2v) is 9.18. The maximum atomic E-state index is 12.5. The normalized spacial score (nSPS) is 16.1. The van der Waals surface area contributed by atoms with Crippen molar-refractivity contribution in [2.75, 3.05) is 17.2 Å². The molecule has 2 rings (SSSR count). The number of nitrogens with one attached hydrogen (secondary N) is 1. The van der Waals surface area contributed by atoms with Gasteiger partial charge in [0.1, 0.15) is 0 Å². The third-order valence-electron chi connectivity index (χ3n) is 3.14. The molecule has 0 atom stereocenters. The minimum absolute atomic E-state index is 0.0675. The molecular weight excluding hydrogens is 320 g/mol. The van der Waals surface area contributed by atoms with E-state index in [2.05, 4.69) is 4.72 Å². The summed E-state index contributed by atoms with van der Waals surface area (Å²) in [7, 11) is -3.61. The molecule has 1 heterocycles. The third-order valence-corrected chi connectivity index (χ3v) is 6.04. The number of thioether (sulfide) groups is 1. The zero-order chi connectivity index (χ0) is 16.5. The van der Waals surface area contributed by atoms with Gasteiger partial charge in [-0.25, -0.2) is 13.1 Å². The molecule has 7 heteroatoms. The van der Waals surface area contributed by atoms with E-state index in [0.29, 0.717) is 12.2 Å². The number of fused-ring (bicyclic) bond motifs is 1. The van der Waals surface area contributed by atoms with Crippen molar-refractivity contribution in [1.82, 2.24) is 4.72 Å². The smallest absolute Gasteiger partial charge is 0.241 e. The lowest BCUT2D eigenvalue weighted by molar-refractivity contribution is -0.116. The molecule has 0 fully saturated rings. The molecule has 1 amide bonds. The molecule has 0 radical (unpaired) electrons. The Bertz CT molecular complexity index is 679. The van der Waals surface area contributed by atoms with Crippen LogP contribution in [0.3, 0.4) is 0 Å². The van der Waals surface area contributed by atoms with Gasteiger partial charge >= 0.3 is 0 Å². The van der Waals surface area contributed by atoms with E-state index >= 15 is 0 Å². The van der Waals surface area contributed by atoms with Crippen LogP contribution in [-0.2, 0) is 14.8 Å². The molecule has 0 aromatic heterocycles. The fourth-order valence-corrected chi connectivity index (χ4v) is 4.72. The van der Waals surface area contributed by atoms with Crippen LogP contribution < -0.4 is 9.62 Å². The topological polar surface area (TPSA) is 66.5 Å². The van der Waals surface area contributed by atoms with Crippen LogP contribution in [0.2, 0.25) is 0 Å². The van der Waals surface area contributed by atoms with Crippen LogP contribution in [0.5, 0.6) is 0 Å². The first-order valence-corrected chi connectivity index (χ1v) is 9.66. The van der Waals surface area contributed by atoms with Gasteiger partial charge in [-0.15, -0.1) is 11.8 Å². The van der Waals surface area contributed by atoms with Crippen molar-refractivity contribution in [3.8, 4) is 0 Å². The molecule has 1 aliphatic rings. The zero-order valence-electron chi connectivity index (χ0n) is 13.3. The second kappa shape index (κ2) is 6.22. The molecular formula is C15H22N2O3S2. The predicted octanol–water partition coefficient (Wildman–Crippen LogP) is 2.61. The molecule has 1 N–H and O–H groups in total. The van der Waals surface area contributed by atoms with Gasteiger partial charge in [0.2, 0.25) is 15.9 Å². The van der Waals surface area contributed by atoms with Gasteiger partial charge in [-0.3, -0.25) is 4.79 Å². The summed E-state index contributed by atoms with van der Waals surface area (Å²) in [6.45, 7) is 7.52. The molecule has 0 saturated heterocycles. The summed E-state index contributed by atoms with van der Waals surface area (Å²) in [5.74, 6) is 0.852. The summed E-state index contributed by atoms with van der Waals surface area (Å²) in [6, 6.07) is 4.99. The highest BCUT2D eigenvalue weighted by atomic mass is 32.2. The number of rotatable bonds is 2. The van der Waals surface area contributed by atoms with Crippen LogP contribution in [0.25, 0.3) is 0 Å². The van der Waals surface area contributed by atoms with Crippen LogP contribution in [0.15, 0.2) is 28.0 Å². The molecule has 1 aromatic rings. The Labute approximate surface area is 136 Å². The first-order valence-electron chi connectivity index (χ1n) is 7.19. The highest BCUT2D eigenvalue weighted by molar-refractivity contribution is 7.99. The Balaban J connectivity index is 2.47. The number of nitrogens with zero attached hydrogens (tertiary/aromatic N) is 1. The van der Waals surface area contributed by atoms with Gasteiger partial charge in [0.15, 0.2) is 0 Å². The molecule has 0 unspecified atom stereocenters. The van der Waals surface area contributed by atoms with Crippen LogP contribution in [0.4, 0.5) is 5.69 Å². The van der Waals surface area contributed by atoms with E-state index < -0.39 is 15.6 Å². The van der Waals surface area contributed by atoms with Crippen molar-refractivity contribution in [2.24, 2.45) is 0 Å². The van der Waals surface area contributed by atoms with Crippen LogP contribution in [0.1, 0.15) is 34.1 Å². The Morgan fingerprint density at radius 3 is 2.59 bits per heavy atom. The number of sulfonamides is 1. The fraction of sp³-hybridized carbons (Fsp3) is 0.533. The Morgan fingerprint density at radius 1 is 1.32 bits per heavy atom. The number of amides is 1. The highest BCUT2D eigenvalue weighted by Gasteiger charge is 2.25. The summed E-state index contributed by atoms with van der Waals surface area (Å²) < 4.78 is 27.6. The van der Waals surface area contributed by atoms with E-state index in [4.69, 9.17) is 0 Å². The molecule has 0 bridgehead atoms. The van der Waals surface area contributed by atoms with Crippen molar-refractivity contribution < 1.29 is 13.2 Å². The lowest BCUT2D eigenvalue weighted by Gasteiger charge is -2.23. The molecule has 22 heavy (non-hydrogen) atoms. The van der Waals surface area contributed by atoms with Gasteiger partial charge in [-0.05, 0) is 51.1 Å². The maximum Gasteiger partial charge on any atom is 0.241 e. The zero-order valence-corrected chi connectivity index (χ0v) is 15.0. The molecule has 1 aliphatic heterocycles. The Morgan fingerprint density at radius 2 is 2.00 bits per heavy atom. The molecule has 0 spiro atoms. The number of carbonyl (C=O) groups is 1. The van der Waals surface area contributed by atoms with Crippen molar-refractivity contribution in [3.63, 3.8) is 0 Å². The SMILES string of the molecule is CC(=O)N1CCCSc2ccc(S(=O)(=O)NC(C)(C)C)cc21. The summed E-state index contributed by atoms with van der Waals surface area (Å²) >= 11 is 1.65. The first kappa shape index (κ1) is 17.3. The summed E-state index contributed by atoms with van der Waals surface area (Å²) in [5.41, 5.74) is 0.132. The van der Waals surface area contributed by atoms with E-state index in [1.54, 1.807) is 55.6 Å². The van der Waals surface area contributed by atoms with Crippen LogP contribution in [-0.4, -0.2) is 32.2 Å². The average molecular weight is 342 g/mol. The van der Waals surface area contributed by atoms with Gasteiger partial charge < -0.3 is 4.90 Å². The van der Waals surface area contributed by atoms with E-state index in [-0.39, 0.29) is 10.8 Å². The Kier molecular flexibility index (Phi) is 4.89. The van der Waals surface area contributed by atoms with Crippen molar-refractivity contribution >= 4 is 33.4 Å². The largest absolute Gasteiger partial charge is 0.311 e. The van der Waals surface area contributed by atoms with Crippen molar-refractivity contribution in [2.45, 2.75) is 49.4 Å². The van der Waals surface area contributed by atoms with E-state index in [0.717, 1.165) is 17.1 Å². The summed E-state index contributed by atoms with van der Waals surface area (Å²) in [5, 5.41) is 0. The van der Waals surface area contributed by atoms with Gasteiger partial charge in [0.25, 0.3) is 0 Å². The lowest BCUT2D eigenvalue weighted by atomic mass is 10.1. The Hall–Kier alpha value is -1.05. The monoisotopic (exact) mass is 342 g/mol. The maximum absolute atomic E-state index is 12.5. The minimum atomic E-state index is -3.61. The van der Waals surface area contributed by atoms with Crippen LogP contribution in [0, 0.1) is 0 Å². The van der Waals surface area contributed by atoms with Gasteiger partial charge in [0.05, 0.1) is 10.6 Å². The van der Waals surface area contributed by atoms with Crippen molar-refractivity contribution in [3.05, 3.63) is 18.2 Å². The highest BCUT2D eigenvalue weighted by Crippen LogP contribution is 2.35. The molecule has 122 valence electrons. The number of hydrogen-bond acceptors (Lipinski definition) is 4. The molecule has 1 aromatic carbocycles. The lowest BCUT2D eigenvalue weighted by Crippen LogP contribution is -2.40. The number of benzene rings is 1. The summed E-state index contributed by atoms with van der Waals surface area (Å²) in [4.78, 5) is 14.7. The van der Waals surface area contributed by atoms with Crippen LogP contribution >= 0.6 is 11.8 Å². The third kappa shape index (κ3) is 4.02. The second-order valence-electron chi connectivity index (χ2n) is 6.36. The molecule has 0 aliphatic carbocycles. The fourth-order valence-electron chi connectivity index (χ4n) is 2.31. The standard InChI is InChI=1S/C15H22N2O3S2/c1-11(18)17-8-5-9-21-14-7-6-12(10-13(14)17)22(19,20)16-15(2,3)4/h6-7,10,16H,5,8-9H2,1-4H3. The summed E-state index contributed by atoms with van der Waals surface area (Å²) in [6.07, 6.45) is 0.890. The number of anilines is 1. The van der Waals surface area contributed by atoms with E-state index in [1.807, 2.05) is 0 Å². The predicted molar refractivity (Wildman–Crippen MR) is 89.9 cm³/mol. The first-order chi connectivity index (χ1) is 10.1. The van der Waals surface area contributed by atoms with E-state index in [1.165, 1.54) is 6.92 Å². The molecule has 5 nitrogen and oxygen atoms in total. The molecule has 0 saturated carbocycles. The van der Waals surface area contributed by atoms with Crippen molar-refractivity contribution in [1.29, 1.82) is 0 Å². The minimum Gasteiger partial charge on any atom is -0.311 e. The quantitative estimate of drug-likeness (QED) is 0.897. The van der Waals surface area contributed by atoms with Gasteiger partial charge in [0, 0.05) is 23.9 Å².